The highest BCUT2D eigenvalue weighted by Crippen LogP contribution is 2.27. The van der Waals surface area contributed by atoms with Crippen molar-refractivity contribution in [2.24, 2.45) is 0 Å². The topological polar surface area (TPSA) is 12.0 Å². The van der Waals surface area contributed by atoms with Gasteiger partial charge in [-0.2, -0.15) is 23.1 Å². The second-order valence-electron chi connectivity index (χ2n) is 4.76. The van der Waals surface area contributed by atoms with Crippen molar-refractivity contribution in [3.05, 3.63) is 22.4 Å². The number of hydrogen-bond acceptors (Lipinski definition) is 3. The fourth-order valence-electron chi connectivity index (χ4n) is 2.32. The van der Waals surface area contributed by atoms with Gasteiger partial charge in [0, 0.05) is 17.5 Å². The number of nitrogens with one attached hydrogen (secondary N) is 1. The summed E-state index contributed by atoms with van der Waals surface area (Å²) < 4.78 is 0. The zero-order valence-corrected chi connectivity index (χ0v) is 12.1. The molecule has 96 valence electrons. The summed E-state index contributed by atoms with van der Waals surface area (Å²) in [6.07, 6.45) is 8.49. The van der Waals surface area contributed by atoms with Crippen LogP contribution in [0.1, 0.15) is 37.7 Å². The SMILES string of the molecule is c1cc(CCNCCSC2CCCCC2)cs1. The fourth-order valence-corrected chi connectivity index (χ4v) is 4.29. The molecule has 0 aromatic carbocycles. The van der Waals surface area contributed by atoms with Gasteiger partial charge in [-0.3, -0.25) is 0 Å². The van der Waals surface area contributed by atoms with E-state index in [1.54, 1.807) is 11.3 Å². The molecule has 0 spiro atoms. The van der Waals surface area contributed by atoms with Crippen molar-refractivity contribution < 1.29 is 0 Å². The first-order valence-electron chi connectivity index (χ1n) is 6.78. The van der Waals surface area contributed by atoms with Gasteiger partial charge in [-0.1, -0.05) is 19.3 Å². The predicted molar refractivity (Wildman–Crippen MR) is 80.2 cm³/mol. The third-order valence-corrected chi connectivity index (χ3v) is 5.47. The van der Waals surface area contributed by atoms with Crippen LogP contribution in [0.4, 0.5) is 0 Å². The van der Waals surface area contributed by atoms with Gasteiger partial charge in [0.25, 0.3) is 0 Å². The van der Waals surface area contributed by atoms with Crippen LogP contribution in [0.2, 0.25) is 0 Å². The summed E-state index contributed by atoms with van der Waals surface area (Å²) in [6, 6.07) is 2.23. The quantitative estimate of drug-likeness (QED) is 0.752. The van der Waals surface area contributed by atoms with E-state index < -0.39 is 0 Å². The van der Waals surface area contributed by atoms with Crippen LogP contribution in [0, 0.1) is 0 Å². The minimum atomic E-state index is 0.961. The first-order valence-corrected chi connectivity index (χ1v) is 8.78. The van der Waals surface area contributed by atoms with Gasteiger partial charge in [0.15, 0.2) is 0 Å². The summed E-state index contributed by atoms with van der Waals surface area (Å²) in [6.45, 7) is 2.30. The van der Waals surface area contributed by atoms with E-state index in [4.69, 9.17) is 0 Å². The number of thiophene rings is 1. The van der Waals surface area contributed by atoms with Crippen LogP contribution < -0.4 is 5.32 Å². The standard InChI is InChI=1S/C14H23NS2/c1-2-4-14(5-3-1)17-11-9-15-8-6-13-7-10-16-12-13/h7,10,12,14-15H,1-6,8-9,11H2. The van der Waals surface area contributed by atoms with Crippen molar-refractivity contribution in [3.8, 4) is 0 Å². The van der Waals surface area contributed by atoms with Crippen LogP contribution >= 0.6 is 23.1 Å². The second-order valence-corrected chi connectivity index (χ2v) is 6.95. The van der Waals surface area contributed by atoms with Crippen molar-refractivity contribution in [3.63, 3.8) is 0 Å². The molecule has 0 amide bonds. The van der Waals surface area contributed by atoms with Gasteiger partial charge in [0.1, 0.15) is 0 Å². The molecule has 0 unspecified atom stereocenters. The molecule has 17 heavy (non-hydrogen) atoms. The van der Waals surface area contributed by atoms with Crippen LogP contribution in [0.25, 0.3) is 0 Å². The Morgan fingerprint density at radius 3 is 2.88 bits per heavy atom. The molecule has 2 rings (SSSR count). The molecule has 3 heteroatoms. The first-order chi connectivity index (χ1) is 8.45. The normalized spacial score (nSPS) is 17.4. The minimum absolute atomic E-state index is 0.961. The Balaban J connectivity index is 1.43. The van der Waals surface area contributed by atoms with E-state index in [-0.39, 0.29) is 0 Å². The smallest absolute Gasteiger partial charge is 0.00608 e. The molecule has 0 saturated heterocycles. The Kier molecular flexibility index (Phi) is 6.46. The predicted octanol–water partition coefficient (Wildman–Crippen LogP) is 3.95. The molecule has 1 nitrogen and oxygen atoms in total. The Hall–Kier alpha value is 0.01000. The van der Waals surface area contributed by atoms with Gasteiger partial charge >= 0.3 is 0 Å². The maximum Gasteiger partial charge on any atom is 0.00608 e. The molecule has 0 aliphatic heterocycles. The van der Waals surface area contributed by atoms with Crippen molar-refractivity contribution in [2.75, 3.05) is 18.8 Å². The van der Waals surface area contributed by atoms with Crippen molar-refractivity contribution in [2.45, 2.75) is 43.8 Å². The number of thioether (sulfide) groups is 1. The Morgan fingerprint density at radius 2 is 2.12 bits per heavy atom. The lowest BCUT2D eigenvalue weighted by molar-refractivity contribution is 0.516. The highest BCUT2D eigenvalue weighted by atomic mass is 32.2. The van der Waals surface area contributed by atoms with E-state index >= 15 is 0 Å². The van der Waals surface area contributed by atoms with E-state index in [0.717, 1.165) is 11.8 Å². The van der Waals surface area contributed by atoms with Crippen molar-refractivity contribution in [1.29, 1.82) is 0 Å². The van der Waals surface area contributed by atoms with Crippen molar-refractivity contribution in [1.82, 2.24) is 5.32 Å². The fraction of sp³-hybridized carbons (Fsp3) is 0.714. The zero-order chi connectivity index (χ0) is 11.8. The molecule has 1 aromatic heterocycles. The summed E-state index contributed by atoms with van der Waals surface area (Å²) >= 11 is 3.98. The highest BCUT2D eigenvalue weighted by molar-refractivity contribution is 7.99. The lowest BCUT2D eigenvalue weighted by Gasteiger charge is -2.20. The second kappa shape index (κ2) is 8.17. The monoisotopic (exact) mass is 269 g/mol. The molecule has 0 atom stereocenters. The lowest BCUT2D eigenvalue weighted by atomic mass is 10.0. The highest BCUT2D eigenvalue weighted by Gasteiger charge is 2.12. The average molecular weight is 269 g/mol. The van der Waals surface area contributed by atoms with Crippen LogP contribution in [-0.4, -0.2) is 24.1 Å². The van der Waals surface area contributed by atoms with E-state index in [9.17, 15) is 0 Å². The van der Waals surface area contributed by atoms with Gasteiger partial charge in [-0.05, 0) is 48.2 Å². The molecule has 1 aliphatic rings. The maximum atomic E-state index is 3.55. The van der Waals surface area contributed by atoms with Gasteiger partial charge in [0.05, 0.1) is 0 Å². The van der Waals surface area contributed by atoms with E-state index in [1.807, 2.05) is 0 Å². The van der Waals surface area contributed by atoms with Crippen molar-refractivity contribution >= 4 is 23.1 Å². The third kappa shape index (κ3) is 5.45. The molecule has 1 N–H and O–H groups in total. The molecule has 1 saturated carbocycles. The summed E-state index contributed by atoms with van der Waals surface area (Å²) in [5.74, 6) is 1.29. The molecule has 1 aliphatic carbocycles. The van der Waals surface area contributed by atoms with Crippen LogP contribution in [0.15, 0.2) is 16.8 Å². The first kappa shape index (κ1) is 13.4. The van der Waals surface area contributed by atoms with Gasteiger partial charge in [-0.15, -0.1) is 0 Å². The van der Waals surface area contributed by atoms with Crippen LogP contribution in [-0.2, 0) is 6.42 Å². The molecule has 0 bridgehead atoms. The van der Waals surface area contributed by atoms with Crippen LogP contribution in [0.5, 0.6) is 0 Å². The molecule has 1 heterocycles. The summed E-state index contributed by atoms with van der Waals surface area (Å²) in [5.41, 5.74) is 1.47. The number of hydrogen-bond donors (Lipinski definition) is 1. The third-order valence-electron chi connectivity index (χ3n) is 3.36. The van der Waals surface area contributed by atoms with E-state index in [1.165, 1.54) is 56.4 Å². The molecular weight excluding hydrogens is 246 g/mol. The minimum Gasteiger partial charge on any atom is -0.316 e. The molecular formula is C14H23NS2. The Bertz CT molecular complexity index is 278. The van der Waals surface area contributed by atoms with E-state index in [0.29, 0.717) is 0 Å². The average Bonchev–Trinajstić information content (AvgIpc) is 2.88. The zero-order valence-electron chi connectivity index (χ0n) is 10.5. The Labute approximate surface area is 113 Å². The molecule has 1 aromatic rings. The van der Waals surface area contributed by atoms with Crippen LogP contribution in [0.3, 0.4) is 0 Å². The largest absolute Gasteiger partial charge is 0.316 e. The molecule has 0 radical (unpaired) electrons. The summed E-state index contributed by atoms with van der Waals surface area (Å²) in [4.78, 5) is 0. The van der Waals surface area contributed by atoms with Gasteiger partial charge < -0.3 is 5.32 Å². The Morgan fingerprint density at radius 1 is 1.24 bits per heavy atom. The maximum absolute atomic E-state index is 3.55. The summed E-state index contributed by atoms with van der Waals surface area (Å²) in [7, 11) is 0. The lowest BCUT2D eigenvalue weighted by Crippen LogP contribution is -2.21. The molecule has 1 fully saturated rings. The van der Waals surface area contributed by atoms with E-state index in [2.05, 4.69) is 33.9 Å². The number of rotatable bonds is 7. The van der Waals surface area contributed by atoms with Gasteiger partial charge in [0.2, 0.25) is 0 Å². The summed E-state index contributed by atoms with van der Waals surface area (Å²) in [5, 5.41) is 8.92. The van der Waals surface area contributed by atoms with Gasteiger partial charge in [-0.25, -0.2) is 0 Å².